The highest BCUT2D eigenvalue weighted by Gasteiger charge is 2.03. The number of para-hydroxylation sites is 1. The van der Waals surface area contributed by atoms with Gasteiger partial charge in [0.15, 0.2) is 5.84 Å². The average Bonchev–Trinajstić information content (AvgIpc) is 2.64. The van der Waals surface area contributed by atoms with Gasteiger partial charge in [-0.05, 0) is 42.0 Å². The predicted octanol–water partition coefficient (Wildman–Crippen LogP) is 4.55. The smallest absolute Gasteiger partial charge is 0.172 e. The van der Waals surface area contributed by atoms with E-state index >= 15 is 0 Å². The molecule has 3 aromatic rings. The molecule has 0 bridgehead atoms. The van der Waals surface area contributed by atoms with Crippen molar-refractivity contribution >= 4 is 33.7 Å². The Morgan fingerprint density at radius 2 is 1.67 bits per heavy atom. The van der Waals surface area contributed by atoms with Crippen LogP contribution in [-0.4, -0.2) is 17.0 Å². The minimum atomic E-state index is 0.593. The molecule has 2 aromatic carbocycles. The molecule has 1 aromatic heterocycles. The molecule has 0 fully saturated rings. The molecule has 0 amide bonds. The van der Waals surface area contributed by atoms with E-state index in [9.17, 15) is 0 Å². The molecule has 3 rings (SSSR count). The van der Waals surface area contributed by atoms with Gasteiger partial charge in [-0.1, -0.05) is 52.3 Å². The number of hydrogen-bond donors (Lipinski definition) is 1. The minimum absolute atomic E-state index is 0.593. The molecule has 0 atom stereocenters. The van der Waals surface area contributed by atoms with Crippen molar-refractivity contribution in [3.8, 4) is 0 Å². The Kier molecular flexibility index (Phi) is 5.48. The van der Waals surface area contributed by atoms with E-state index in [0.717, 1.165) is 21.4 Å². The van der Waals surface area contributed by atoms with Gasteiger partial charge >= 0.3 is 0 Å². The van der Waals surface area contributed by atoms with Gasteiger partial charge in [-0.2, -0.15) is 5.10 Å². The van der Waals surface area contributed by atoms with Crippen molar-refractivity contribution in [1.29, 1.82) is 0 Å². The Balaban J connectivity index is 1.83. The molecule has 0 saturated carbocycles. The summed E-state index contributed by atoms with van der Waals surface area (Å²) in [5.74, 6) is 0.593. The lowest BCUT2D eigenvalue weighted by molar-refractivity contribution is 1.02. The fourth-order valence-corrected chi connectivity index (χ4v) is 2.26. The van der Waals surface area contributed by atoms with Crippen LogP contribution >= 0.6 is 15.9 Å². The zero-order chi connectivity index (χ0) is 16.6. The summed E-state index contributed by atoms with van der Waals surface area (Å²) in [6.45, 7) is 0. The predicted molar refractivity (Wildman–Crippen MR) is 102 cm³/mol. The maximum Gasteiger partial charge on any atom is 0.172 e. The van der Waals surface area contributed by atoms with Crippen molar-refractivity contribution < 1.29 is 0 Å². The third-order valence-electron chi connectivity index (χ3n) is 3.16. The molecule has 0 aliphatic carbocycles. The van der Waals surface area contributed by atoms with Crippen molar-refractivity contribution in [3.05, 3.63) is 94.7 Å². The largest absolute Gasteiger partial charge is 0.260 e. The number of hydrazone groups is 1. The van der Waals surface area contributed by atoms with E-state index in [1.54, 1.807) is 12.4 Å². The van der Waals surface area contributed by atoms with E-state index in [1.165, 1.54) is 0 Å². The van der Waals surface area contributed by atoms with Crippen molar-refractivity contribution in [1.82, 2.24) is 10.4 Å². The minimum Gasteiger partial charge on any atom is -0.260 e. The van der Waals surface area contributed by atoms with E-state index in [-0.39, 0.29) is 0 Å². The highest BCUT2D eigenvalue weighted by molar-refractivity contribution is 9.10. The van der Waals surface area contributed by atoms with Gasteiger partial charge in [0.25, 0.3) is 0 Å². The van der Waals surface area contributed by atoms with Crippen LogP contribution in [0, 0.1) is 0 Å². The lowest BCUT2D eigenvalue weighted by atomic mass is 10.2. The van der Waals surface area contributed by atoms with Gasteiger partial charge in [-0.3, -0.25) is 10.4 Å². The summed E-state index contributed by atoms with van der Waals surface area (Å²) >= 11 is 3.42. The van der Waals surface area contributed by atoms with Crippen molar-refractivity contribution in [3.63, 3.8) is 0 Å². The van der Waals surface area contributed by atoms with Crippen LogP contribution < -0.4 is 5.43 Å². The third kappa shape index (κ3) is 4.60. The molecule has 0 spiro atoms. The van der Waals surface area contributed by atoms with E-state index in [2.05, 4.69) is 36.4 Å². The monoisotopic (exact) mass is 378 g/mol. The van der Waals surface area contributed by atoms with Crippen LogP contribution in [0.2, 0.25) is 0 Å². The maximum absolute atomic E-state index is 4.60. The summed E-state index contributed by atoms with van der Waals surface area (Å²) in [6.07, 6.45) is 3.48. The number of pyridine rings is 1. The van der Waals surface area contributed by atoms with E-state index < -0.39 is 0 Å². The highest BCUT2D eigenvalue weighted by Crippen LogP contribution is 2.12. The number of nitrogens with one attached hydrogen (secondary N) is 1. The van der Waals surface area contributed by atoms with Gasteiger partial charge in [0, 0.05) is 10.7 Å². The second-order valence-corrected chi connectivity index (χ2v) is 5.85. The number of nitrogens with zero attached hydrogens (tertiary/aromatic N) is 3. The van der Waals surface area contributed by atoms with Crippen LogP contribution in [0.25, 0.3) is 0 Å². The van der Waals surface area contributed by atoms with Crippen LogP contribution in [0.5, 0.6) is 0 Å². The van der Waals surface area contributed by atoms with Crippen molar-refractivity contribution in [2.24, 2.45) is 10.1 Å². The Morgan fingerprint density at radius 3 is 2.38 bits per heavy atom. The van der Waals surface area contributed by atoms with Crippen LogP contribution in [0.1, 0.15) is 11.3 Å². The third-order valence-corrected chi connectivity index (χ3v) is 3.69. The summed E-state index contributed by atoms with van der Waals surface area (Å²) in [4.78, 5) is 8.94. The molecule has 1 heterocycles. The summed E-state index contributed by atoms with van der Waals surface area (Å²) in [6, 6.07) is 23.3. The van der Waals surface area contributed by atoms with Gasteiger partial charge in [0.2, 0.25) is 0 Å². The SMILES string of the molecule is Brc1ccc(C=NNC(=Nc2ccccc2)c2ccccn2)cc1. The first-order valence-corrected chi connectivity index (χ1v) is 8.20. The van der Waals surface area contributed by atoms with Crippen molar-refractivity contribution in [2.75, 3.05) is 0 Å². The average molecular weight is 379 g/mol. The number of aliphatic imine (C=N–C) groups is 1. The molecular formula is C19H15BrN4. The first-order valence-electron chi connectivity index (χ1n) is 7.41. The van der Waals surface area contributed by atoms with Gasteiger partial charge in [0.05, 0.1) is 11.9 Å². The van der Waals surface area contributed by atoms with E-state index in [4.69, 9.17) is 0 Å². The van der Waals surface area contributed by atoms with E-state index in [0.29, 0.717) is 5.84 Å². The molecule has 0 aliphatic rings. The zero-order valence-electron chi connectivity index (χ0n) is 12.8. The summed E-state index contributed by atoms with van der Waals surface area (Å²) in [7, 11) is 0. The summed E-state index contributed by atoms with van der Waals surface area (Å²) in [5.41, 5.74) is 5.55. The van der Waals surface area contributed by atoms with Gasteiger partial charge < -0.3 is 0 Å². The molecule has 1 N–H and O–H groups in total. The van der Waals surface area contributed by atoms with E-state index in [1.807, 2.05) is 72.8 Å². The number of benzene rings is 2. The Hall–Kier alpha value is -2.79. The standard InChI is InChI=1S/C19H15BrN4/c20-16-11-9-15(10-12-16)14-22-24-19(18-8-4-5-13-21-18)23-17-6-2-1-3-7-17/h1-14H,(H,23,24). The molecule has 0 saturated heterocycles. The molecule has 24 heavy (non-hydrogen) atoms. The van der Waals surface area contributed by atoms with Crippen molar-refractivity contribution in [2.45, 2.75) is 0 Å². The van der Waals surface area contributed by atoms with Crippen LogP contribution in [0.3, 0.4) is 0 Å². The first-order chi connectivity index (χ1) is 11.8. The highest BCUT2D eigenvalue weighted by atomic mass is 79.9. The molecule has 118 valence electrons. The maximum atomic E-state index is 4.60. The second kappa shape index (κ2) is 8.17. The van der Waals surface area contributed by atoms with Crippen LogP contribution in [0.4, 0.5) is 5.69 Å². The Labute approximate surface area is 149 Å². The molecule has 0 radical (unpaired) electrons. The van der Waals surface area contributed by atoms with Gasteiger partial charge in [0.1, 0.15) is 5.69 Å². The Morgan fingerprint density at radius 1 is 0.917 bits per heavy atom. The quantitative estimate of drug-likeness (QED) is 0.411. The molecule has 4 nitrogen and oxygen atoms in total. The first kappa shape index (κ1) is 16.1. The molecular weight excluding hydrogens is 364 g/mol. The fraction of sp³-hybridized carbons (Fsp3) is 0. The molecule has 5 heteroatoms. The molecule has 0 unspecified atom stereocenters. The lowest BCUT2D eigenvalue weighted by Crippen LogP contribution is -2.20. The molecule has 0 aliphatic heterocycles. The lowest BCUT2D eigenvalue weighted by Gasteiger charge is -2.05. The number of halogens is 1. The second-order valence-electron chi connectivity index (χ2n) is 4.93. The number of aromatic nitrogens is 1. The van der Waals surface area contributed by atoms with Gasteiger partial charge in [-0.25, -0.2) is 4.99 Å². The van der Waals surface area contributed by atoms with Gasteiger partial charge in [-0.15, -0.1) is 0 Å². The fourth-order valence-electron chi connectivity index (χ4n) is 1.99. The number of amidine groups is 1. The zero-order valence-corrected chi connectivity index (χ0v) is 14.4. The van der Waals surface area contributed by atoms with Crippen LogP contribution in [0.15, 0.2) is 93.6 Å². The summed E-state index contributed by atoms with van der Waals surface area (Å²) < 4.78 is 1.03. The summed E-state index contributed by atoms with van der Waals surface area (Å²) in [5, 5.41) is 4.28. The topological polar surface area (TPSA) is 49.6 Å². The van der Waals surface area contributed by atoms with Crippen LogP contribution in [-0.2, 0) is 0 Å². The number of rotatable bonds is 4. The normalized spacial score (nSPS) is 11.6. The number of hydrogen-bond acceptors (Lipinski definition) is 3. The Bertz CT molecular complexity index is 828.